The van der Waals surface area contributed by atoms with E-state index in [1.54, 1.807) is 31.2 Å². The Morgan fingerprint density at radius 2 is 1.94 bits per heavy atom. The highest BCUT2D eigenvalue weighted by atomic mass is 32.2. The molecule has 10 heteroatoms. The van der Waals surface area contributed by atoms with Gasteiger partial charge in [0, 0.05) is 26.2 Å². The first kappa shape index (κ1) is 21.8. The van der Waals surface area contributed by atoms with Gasteiger partial charge in [0.15, 0.2) is 5.76 Å². The van der Waals surface area contributed by atoms with Crippen LogP contribution in [0.15, 0.2) is 39.6 Å². The van der Waals surface area contributed by atoms with Crippen LogP contribution in [0.2, 0.25) is 0 Å². The molecule has 168 valence electrons. The average molecular weight is 450 g/mol. The average Bonchev–Trinajstić information content (AvgIpc) is 3.45. The zero-order valence-corrected chi connectivity index (χ0v) is 18.2. The number of hydrogen-bond donors (Lipinski definition) is 2. The highest BCUT2D eigenvalue weighted by molar-refractivity contribution is 7.89. The van der Waals surface area contributed by atoms with Crippen molar-refractivity contribution in [2.45, 2.75) is 30.8 Å². The Balaban J connectivity index is 1.60. The zero-order chi connectivity index (χ0) is 21.8. The largest absolute Gasteiger partial charge is 0.456 e. The van der Waals surface area contributed by atoms with Gasteiger partial charge in [-0.2, -0.15) is 4.31 Å². The summed E-state index contributed by atoms with van der Waals surface area (Å²) in [7, 11) is -3.70. The van der Waals surface area contributed by atoms with Crippen molar-refractivity contribution in [1.29, 1.82) is 0 Å². The van der Waals surface area contributed by atoms with Gasteiger partial charge in [-0.3, -0.25) is 4.79 Å². The Morgan fingerprint density at radius 1 is 1.13 bits per heavy atom. The summed E-state index contributed by atoms with van der Waals surface area (Å²) in [6, 6.07) is 7.99. The fraction of sp³-hybridized carbons (Fsp3) is 0.476. The molecule has 0 bridgehead atoms. The fourth-order valence-electron chi connectivity index (χ4n) is 3.65. The minimum absolute atomic E-state index is 0.0908. The third kappa shape index (κ3) is 5.09. The van der Waals surface area contributed by atoms with Crippen LogP contribution >= 0.6 is 0 Å². The highest BCUT2D eigenvalue weighted by Crippen LogP contribution is 2.29. The van der Waals surface area contributed by atoms with E-state index in [2.05, 4.69) is 10.6 Å². The van der Waals surface area contributed by atoms with Crippen LogP contribution in [0.25, 0.3) is 0 Å². The predicted octanol–water partition coefficient (Wildman–Crippen LogP) is 2.45. The molecule has 2 saturated heterocycles. The lowest BCUT2D eigenvalue weighted by Crippen LogP contribution is -2.40. The SMILES string of the molecule is Cc1ccc(C(=O)Nc2cc(S(=O)(=O)N3CCOCC3)ccc2NCC2CCCO2)o1. The molecule has 1 aromatic carbocycles. The van der Waals surface area contributed by atoms with Gasteiger partial charge in [-0.25, -0.2) is 8.42 Å². The van der Waals surface area contributed by atoms with Crippen LogP contribution in [-0.4, -0.2) is 64.2 Å². The maximum absolute atomic E-state index is 13.1. The Hall–Kier alpha value is -2.40. The summed E-state index contributed by atoms with van der Waals surface area (Å²) in [5.74, 6) is 0.323. The molecule has 1 amide bonds. The molecule has 2 N–H and O–H groups in total. The molecule has 0 saturated carbocycles. The van der Waals surface area contributed by atoms with E-state index in [0.29, 0.717) is 50.0 Å². The van der Waals surface area contributed by atoms with Gasteiger partial charge in [-0.1, -0.05) is 0 Å². The van der Waals surface area contributed by atoms with E-state index in [1.807, 2.05) is 0 Å². The number of anilines is 2. The number of furan rings is 1. The third-order valence-corrected chi connectivity index (χ3v) is 7.25. The maximum Gasteiger partial charge on any atom is 0.291 e. The lowest BCUT2D eigenvalue weighted by molar-refractivity contribution is 0.0730. The van der Waals surface area contributed by atoms with Crippen molar-refractivity contribution in [3.63, 3.8) is 0 Å². The molecular formula is C21H27N3O6S. The summed E-state index contributed by atoms with van der Waals surface area (Å²) in [6.45, 7) is 4.39. The minimum Gasteiger partial charge on any atom is -0.456 e. The Morgan fingerprint density at radius 3 is 2.61 bits per heavy atom. The van der Waals surface area contributed by atoms with Gasteiger partial charge < -0.3 is 24.5 Å². The van der Waals surface area contributed by atoms with E-state index in [4.69, 9.17) is 13.9 Å². The van der Waals surface area contributed by atoms with Crippen LogP contribution in [-0.2, 0) is 19.5 Å². The summed E-state index contributed by atoms with van der Waals surface area (Å²) in [6.07, 6.45) is 2.07. The molecule has 2 aliphatic heterocycles. The second-order valence-corrected chi connectivity index (χ2v) is 9.54. The number of nitrogens with zero attached hydrogens (tertiary/aromatic N) is 1. The Bertz CT molecular complexity index is 1020. The standard InChI is InChI=1S/C21H27N3O6S/c1-15-4-7-20(30-15)21(25)23-19-13-17(31(26,27)24-8-11-28-12-9-24)5-6-18(19)22-14-16-3-2-10-29-16/h4-7,13,16,22H,2-3,8-12,14H2,1H3,(H,23,25). The van der Waals surface area contributed by atoms with Crippen molar-refractivity contribution < 1.29 is 27.1 Å². The summed E-state index contributed by atoms with van der Waals surface area (Å²) in [4.78, 5) is 12.8. The molecule has 1 unspecified atom stereocenters. The van der Waals surface area contributed by atoms with Crippen LogP contribution in [0.5, 0.6) is 0 Å². The fourth-order valence-corrected chi connectivity index (χ4v) is 5.08. The summed E-state index contributed by atoms with van der Waals surface area (Å²) >= 11 is 0. The third-order valence-electron chi connectivity index (χ3n) is 5.36. The first-order valence-corrected chi connectivity index (χ1v) is 11.8. The Kier molecular flexibility index (Phi) is 6.61. The van der Waals surface area contributed by atoms with E-state index in [0.717, 1.165) is 19.4 Å². The second kappa shape index (κ2) is 9.39. The smallest absolute Gasteiger partial charge is 0.291 e. The van der Waals surface area contributed by atoms with Crippen LogP contribution in [0.3, 0.4) is 0 Å². The van der Waals surface area contributed by atoms with E-state index in [1.165, 1.54) is 10.4 Å². The number of rotatable bonds is 7. The van der Waals surface area contributed by atoms with Crippen molar-refractivity contribution >= 4 is 27.3 Å². The van der Waals surface area contributed by atoms with Gasteiger partial charge in [-0.15, -0.1) is 0 Å². The minimum atomic E-state index is -3.70. The molecular weight excluding hydrogens is 422 g/mol. The number of morpholine rings is 1. The van der Waals surface area contributed by atoms with Crippen molar-refractivity contribution in [3.8, 4) is 0 Å². The quantitative estimate of drug-likeness (QED) is 0.668. The molecule has 2 fully saturated rings. The molecule has 9 nitrogen and oxygen atoms in total. The van der Waals surface area contributed by atoms with Gasteiger partial charge in [-0.05, 0) is 50.1 Å². The summed E-state index contributed by atoms with van der Waals surface area (Å²) in [5.41, 5.74) is 0.986. The molecule has 2 aliphatic rings. The van der Waals surface area contributed by atoms with Gasteiger partial charge >= 0.3 is 0 Å². The number of ether oxygens (including phenoxy) is 2. The van der Waals surface area contributed by atoms with Crippen molar-refractivity contribution in [2.75, 3.05) is 50.1 Å². The molecule has 0 radical (unpaired) electrons. The van der Waals surface area contributed by atoms with Crippen LogP contribution in [0, 0.1) is 6.92 Å². The van der Waals surface area contributed by atoms with Crippen molar-refractivity contribution in [3.05, 3.63) is 41.9 Å². The Labute approximate surface area is 181 Å². The number of nitrogens with one attached hydrogen (secondary N) is 2. The second-order valence-electron chi connectivity index (χ2n) is 7.60. The number of aryl methyl sites for hydroxylation is 1. The van der Waals surface area contributed by atoms with Gasteiger partial charge in [0.05, 0.1) is 35.6 Å². The number of benzene rings is 1. The lowest BCUT2D eigenvalue weighted by atomic mass is 10.2. The highest BCUT2D eigenvalue weighted by Gasteiger charge is 2.27. The van der Waals surface area contributed by atoms with Crippen LogP contribution in [0.4, 0.5) is 11.4 Å². The first-order valence-electron chi connectivity index (χ1n) is 10.4. The number of hydrogen-bond acceptors (Lipinski definition) is 7. The normalized spacial score (nSPS) is 20.0. The zero-order valence-electron chi connectivity index (χ0n) is 17.4. The number of sulfonamides is 1. The molecule has 31 heavy (non-hydrogen) atoms. The van der Waals surface area contributed by atoms with E-state index >= 15 is 0 Å². The monoisotopic (exact) mass is 449 g/mol. The van der Waals surface area contributed by atoms with Crippen molar-refractivity contribution in [2.24, 2.45) is 0 Å². The van der Waals surface area contributed by atoms with E-state index < -0.39 is 15.9 Å². The van der Waals surface area contributed by atoms with Crippen LogP contribution in [0.1, 0.15) is 29.2 Å². The molecule has 1 atom stereocenters. The van der Waals surface area contributed by atoms with E-state index in [9.17, 15) is 13.2 Å². The molecule has 3 heterocycles. The summed E-state index contributed by atoms with van der Waals surface area (Å²) < 4.78 is 43.9. The summed E-state index contributed by atoms with van der Waals surface area (Å²) in [5, 5.41) is 6.06. The lowest BCUT2D eigenvalue weighted by Gasteiger charge is -2.26. The number of amides is 1. The predicted molar refractivity (Wildman–Crippen MR) is 115 cm³/mol. The molecule has 0 aliphatic carbocycles. The topological polar surface area (TPSA) is 110 Å². The van der Waals surface area contributed by atoms with Crippen LogP contribution < -0.4 is 10.6 Å². The first-order chi connectivity index (χ1) is 14.9. The molecule has 0 spiro atoms. The maximum atomic E-state index is 13.1. The number of carbonyl (C=O) groups is 1. The van der Waals surface area contributed by atoms with Gasteiger partial charge in [0.1, 0.15) is 5.76 Å². The van der Waals surface area contributed by atoms with Crippen molar-refractivity contribution in [1.82, 2.24) is 4.31 Å². The van der Waals surface area contributed by atoms with Gasteiger partial charge in [0.2, 0.25) is 10.0 Å². The molecule has 4 rings (SSSR count). The molecule has 1 aromatic heterocycles. The molecule has 2 aromatic rings. The number of carbonyl (C=O) groups excluding carboxylic acids is 1. The van der Waals surface area contributed by atoms with E-state index in [-0.39, 0.29) is 16.8 Å². The van der Waals surface area contributed by atoms with Gasteiger partial charge in [0.25, 0.3) is 5.91 Å².